The van der Waals surface area contributed by atoms with E-state index in [-0.39, 0.29) is 12.1 Å². The van der Waals surface area contributed by atoms with Gasteiger partial charge in [-0.1, -0.05) is 23.7 Å². The summed E-state index contributed by atoms with van der Waals surface area (Å²) in [6.07, 6.45) is 0. The van der Waals surface area contributed by atoms with Gasteiger partial charge in [-0.15, -0.1) is 0 Å². The van der Waals surface area contributed by atoms with Gasteiger partial charge in [-0.05, 0) is 31.5 Å². The zero-order valence-corrected chi connectivity index (χ0v) is 15.7. The molecule has 0 N–H and O–H groups in total. The number of aromatic nitrogens is 5. The molecule has 3 aromatic heterocycles. The average Bonchev–Trinajstić information content (AvgIpc) is 3.11. The van der Waals surface area contributed by atoms with Crippen molar-refractivity contribution in [2.75, 3.05) is 0 Å². The van der Waals surface area contributed by atoms with Crippen LogP contribution in [-0.2, 0) is 20.6 Å². The predicted octanol–water partition coefficient (Wildman–Crippen LogP) is 2.00. The van der Waals surface area contributed by atoms with Crippen LogP contribution in [0.4, 0.5) is 0 Å². The van der Waals surface area contributed by atoms with Crippen molar-refractivity contribution in [1.82, 2.24) is 23.1 Å². The van der Waals surface area contributed by atoms with Gasteiger partial charge in [-0.3, -0.25) is 18.3 Å². The quantitative estimate of drug-likeness (QED) is 0.541. The van der Waals surface area contributed by atoms with E-state index in [4.69, 9.17) is 11.6 Å². The summed E-state index contributed by atoms with van der Waals surface area (Å²) < 4.78 is 6.41. The number of fused-ring (bicyclic) bond motifs is 3. The van der Waals surface area contributed by atoms with Crippen LogP contribution in [-0.4, -0.2) is 23.1 Å². The molecule has 0 spiro atoms. The van der Waals surface area contributed by atoms with Crippen molar-refractivity contribution in [3.63, 3.8) is 0 Å². The fourth-order valence-electron chi connectivity index (χ4n) is 3.32. The molecule has 0 radical (unpaired) electrons. The maximum atomic E-state index is 13.2. The Labute approximate surface area is 153 Å². The Morgan fingerprint density at radius 2 is 1.65 bits per heavy atom. The van der Waals surface area contributed by atoms with Crippen LogP contribution in [0.5, 0.6) is 0 Å². The first-order valence-electron chi connectivity index (χ1n) is 8.19. The van der Waals surface area contributed by atoms with E-state index in [2.05, 4.69) is 4.98 Å². The molecule has 0 atom stereocenters. The summed E-state index contributed by atoms with van der Waals surface area (Å²) in [5.41, 5.74) is 2.84. The molecule has 3 heterocycles. The van der Waals surface area contributed by atoms with Gasteiger partial charge in [0.1, 0.15) is 0 Å². The molecule has 0 aliphatic carbocycles. The van der Waals surface area contributed by atoms with Crippen molar-refractivity contribution in [2.24, 2.45) is 14.1 Å². The molecule has 0 aliphatic rings. The van der Waals surface area contributed by atoms with Crippen LogP contribution in [0.25, 0.3) is 16.9 Å². The number of nitrogens with zero attached hydrogens (tertiary/aromatic N) is 5. The summed E-state index contributed by atoms with van der Waals surface area (Å²) in [6, 6.07) is 7.10. The highest BCUT2D eigenvalue weighted by Gasteiger charge is 2.21. The van der Waals surface area contributed by atoms with Crippen molar-refractivity contribution in [3.05, 3.63) is 67.1 Å². The first-order valence-corrected chi connectivity index (χ1v) is 8.57. The van der Waals surface area contributed by atoms with E-state index in [0.29, 0.717) is 22.0 Å². The summed E-state index contributed by atoms with van der Waals surface area (Å²) in [7, 11) is 3.53. The van der Waals surface area contributed by atoms with Gasteiger partial charge in [0.2, 0.25) is 5.78 Å². The van der Waals surface area contributed by atoms with Crippen LogP contribution in [0, 0.1) is 13.8 Å². The number of halogens is 1. The lowest BCUT2D eigenvalue weighted by Crippen LogP contribution is -2.39. The molecule has 0 saturated carbocycles. The molecule has 0 aliphatic heterocycles. The third-order valence-electron chi connectivity index (χ3n) is 5.04. The van der Waals surface area contributed by atoms with E-state index in [0.717, 1.165) is 17.0 Å². The molecule has 0 unspecified atom stereocenters. The smallest absolute Gasteiger partial charge is 0.317 e. The third-order valence-corrected chi connectivity index (χ3v) is 5.29. The Bertz CT molecular complexity index is 1290. The maximum Gasteiger partial charge on any atom is 0.332 e. The molecule has 8 heteroatoms. The molecule has 0 fully saturated rings. The van der Waals surface area contributed by atoms with Crippen LogP contribution in [0.3, 0.4) is 0 Å². The maximum absolute atomic E-state index is 13.2. The molecule has 1 aromatic carbocycles. The Kier molecular flexibility index (Phi) is 3.59. The van der Waals surface area contributed by atoms with Crippen molar-refractivity contribution in [3.8, 4) is 0 Å². The number of rotatable bonds is 2. The van der Waals surface area contributed by atoms with E-state index < -0.39 is 5.69 Å². The van der Waals surface area contributed by atoms with E-state index in [1.165, 1.54) is 9.13 Å². The molecule has 0 saturated heterocycles. The molecule has 26 heavy (non-hydrogen) atoms. The second kappa shape index (κ2) is 5.60. The van der Waals surface area contributed by atoms with Crippen LogP contribution in [0.15, 0.2) is 33.9 Å². The topological polar surface area (TPSA) is 66.2 Å². The van der Waals surface area contributed by atoms with Gasteiger partial charge < -0.3 is 4.57 Å². The fraction of sp³-hybridized carbons (Fsp3) is 0.278. The summed E-state index contributed by atoms with van der Waals surface area (Å²) in [6.45, 7) is 4.10. The van der Waals surface area contributed by atoms with E-state index in [1.807, 2.05) is 42.0 Å². The number of aryl methyl sites for hydroxylation is 3. The van der Waals surface area contributed by atoms with Crippen molar-refractivity contribution < 1.29 is 0 Å². The molecule has 4 aromatic rings. The van der Waals surface area contributed by atoms with Crippen molar-refractivity contribution in [1.29, 1.82) is 0 Å². The minimum atomic E-state index is -0.393. The highest BCUT2D eigenvalue weighted by atomic mass is 35.5. The standard InChI is InChI=1S/C18H18ClN5O2/c1-10-11(2)24-14-15(20-17(24)21(10)3)22(4)18(26)23(16(14)25)9-12-5-7-13(19)8-6-12/h5-8H,9H2,1-4H3. The van der Waals surface area contributed by atoms with Crippen molar-refractivity contribution in [2.45, 2.75) is 20.4 Å². The first kappa shape index (κ1) is 16.7. The molecule has 0 bridgehead atoms. The lowest BCUT2D eigenvalue weighted by Gasteiger charge is -2.08. The van der Waals surface area contributed by atoms with Crippen LogP contribution in [0.2, 0.25) is 5.02 Å². The van der Waals surface area contributed by atoms with Gasteiger partial charge in [-0.2, -0.15) is 4.98 Å². The largest absolute Gasteiger partial charge is 0.332 e. The Balaban J connectivity index is 2.07. The lowest BCUT2D eigenvalue weighted by atomic mass is 10.2. The van der Waals surface area contributed by atoms with Crippen LogP contribution >= 0.6 is 11.6 Å². The minimum Gasteiger partial charge on any atom is -0.317 e. The lowest BCUT2D eigenvalue weighted by molar-refractivity contribution is 0.656. The van der Waals surface area contributed by atoms with Gasteiger partial charge in [0.05, 0.1) is 6.54 Å². The second-order valence-corrected chi connectivity index (χ2v) is 6.95. The summed E-state index contributed by atoms with van der Waals surface area (Å²) in [5, 5.41) is 0.609. The van der Waals surface area contributed by atoms with Crippen LogP contribution < -0.4 is 11.2 Å². The molecule has 0 amide bonds. The second-order valence-electron chi connectivity index (χ2n) is 6.51. The Morgan fingerprint density at radius 1 is 1.00 bits per heavy atom. The minimum absolute atomic E-state index is 0.177. The highest BCUT2D eigenvalue weighted by molar-refractivity contribution is 6.30. The molecule has 134 valence electrons. The molecule has 7 nitrogen and oxygen atoms in total. The SMILES string of the molecule is Cc1c(C)n2c3c(=O)n(Cc4ccc(Cl)cc4)c(=O)n(C)c3nc2n1C. The zero-order chi connectivity index (χ0) is 18.7. The van der Waals surface area contributed by atoms with E-state index in [1.54, 1.807) is 19.2 Å². The predicted molar refractivity (Wildman–Crippen MR) is 101 cm³/mol. The first-order chi connectivity index (χ1) is 12.3. The zero-order valence-electron chi connectivity index (χ0n) is 14.9. The van der Waals surface area contributed by atoms with Crippen molar-refractivity contribution >= 4 is 28.5 Å². The number of hydrogen-bond donors (Lipinski definition) is 0. The van der Waals surface area contributed by atoms with Gasteiger partial charge in [-0.25, -0.2) is 4.79 Å². The average molecular weight is 372 g/mol. The Hall–Kier alpha value is -2.80. The third kappa shape index (κ3) is 2.17. The van der Waals surface area contributed by atoms with Gasteiger partial charge in [0.15, 0.2) is 11.2 Å². The normalized spacial score (nSPS) is 11.7. The van der Waals surface area contributed by atoms with Gasteiger partial charge in [0, 0.05) is 30.5 Å². The molecule has 4 rings (SSSR count). The summed E-state index contributed by atoms with van der Waals surface area (Å²) in [5.74, 6) is 0.645. The van der Waals surface area contributed by atoms with Crippen LogP contribution in [0.1, 0.15) is 17.0 Å². The molecular formula is C18H18ClN5O2. The number of hydrogen-bond acceptors (Lipinski definition) is 3. The fourth-order valence-corrected chi connectivity index (χ4v) is 3.44. The summed E-state index contributed by atoms with van der Waals surface area (Å²) >= 11 is 5.92. The number of imidazole rings is 2. The van der Waals surface area contributed by atoms with E-state index in [9.17, 15) is 9.59 Å². The highest BCUT2D eigenvalue weighted by Crippen LogP contribution is 2.19. The monoisotopic (exact) mass is 371 g/mol. The van der Waals surface area contributed by atoms with E-state index >= 15 is 0 Å². The molecular weight excluding hydrogens is 354 g/mol. The Morgan fingerprint density at radius 3 is 2.31 bits per heavy atom. The summed E-state index contributed by atoms with van der Waals surface area (Å²) in [4.78, 5) is 30.5. The number of benzene rings is 1. The van der Waals surface area contributed by atoms with Gasteiger partial charge >= 0.3 is 5.69 Å². The van der Waals surface area contributed by atoms with Gasteiger partial charge in [0.25, 0.3) is 5.56 Å².